The van der Waals surface area contributed by atoms with Crippen molar-refractivity contribution in [3.05, 3.63) is 51.5 Å². The summed E-state index contributed by atoms with van der Waals surface area (Å²) in [6.45, 7) is -0.566. The number of carbonyl (C=O) groups excluding carboxylic acids is 4. The van der Waals surface area contributed by atoms with Crippen molar-refractivity contribution in [2.24, 2.45) is 7.05 Å². The number of thioether (sulfide) groups is 2. The van der Waals surface area contributed by atoms with Gasteiger partial charge in [-0.1, -0.05) is 23.9 Å². The number of phenols is 1. The molecular weight excluding hydrogens is 685 g/mol. The number of hydrogen-bond donors (Lipinski definition) is 5. The number of aliphatic carboxylic acids is 1. The predicted molar refractivity (Wildman–Crippen MR) is 162 cm³/mol. The quantitative estimate of drug-likeness (QED) is 0.148. The van der Waals surface area contributed by atoms with Gasteiger partial charge in [0.05, 0.1) is 19.3 Å². The molecule has 0 radical (unpaired) electrons. The lowest BCUT2D eigenvalue weighted by atomic mass is 10.0. The highest BCUT2D eigenvalue weighted by Gasteiger charge is 2.54. The zero-order valence-electron chi connectivity index (χ0n) is 24.4. The van der Waals surface area contributed by atoms with Gasteiger partial charge in [-0.25, -0.2) is 32.0 Å². The van der Waals surface area contributed by atoms with Gasteiger partial charge in [-0.3, -0.25) is 23.9 Å². The Morgan fingerprint density at radius 1 is 1.11 bits per heavy atom. The van der Waals surface area contributed by atoms with E-state index in [1.165, 1.54) is 31.3 Å². The van der Waals surface area contributed by atoms with Crippen molar-refractivity contribution < 1.29 is 47.7 Å². The van der Waals surface area contributed by atoms with Crippen LogP contribution in [0.1, 0.15) is 11.6 Å². The van der Waals surface area contributed by atoms with E-state index >= 15 is 0 Å². The van der Waals surface area contributed by atoms with Crippen LogP contribution in [0.15, 0.2) is 45.5 Å². The van der Waals surface area contributed by atoms with Crippen LogP contribution in [-0.2, 0) is 31.5 Å². The summed E-state index contributed by atoms with van der Waals surface area (Å²) in [5.74, 6) is -3.86. The minimum absolute atomic E-state index is 0.00976. The second-order valence-electron chi connectivity index (χ2n) is 10.4. The SMILES string of the molecule is Cn1c(SCC2=C(C(=O)O)N3C(=O)C(NC(=O)C(NC(=O)N4CCN(S(C)(=O)=O)C4=O)c4ccc(O)cc4)[C@@H]3SC2)nnc(O)c1=O. The van der Waals surface area contributed by atoms with Gasteiger partial charge in [0.25, 0.3) is 11.8 Å². The van der Waals surface area contributed by atoms with Gasteiger partial charge in [0.2, 0.25) is 15.9 Å². The maximum absolute atomic E-state index is 13.6. The van der Waals surface area contributed by atoms with Crippen molar-refractivity contribution in [2.75, 3.05) is 30.9 Å². The van der Waals surface area contributed by atoms with Gasteiger partial charge in [0, 0.05) is 18.6 Å². The van der Waals surface area contributed by atoms with Crippen LogP contribution in [0.2, 0.25) is 0 Å². The van der Waals surface area contributed by atoms with Crippen LogP contribution >= 0.6 is 23.5 Å². The summed E-state index contributed by atoms with van der Waals surface area (Å²) in [7, 11) is -2.60. The highest BCUT2D eigenvalue weighted by atomic mass is 32.2. The van der Waals surface area contributed by atoms with E-state index in [4.69, 9.17) is 0 Å². The first-order valence-electron chi connectivity index (χ1n) is 13.4. The predicted octanol–water partition coefficient (Wildman–Crippen LogP) is -1.43. The molecule has 5 N–H and O–H groups in total. The number of urea groups is 2. The second-order valence-corrected chi connectivity index (χ2v) is 14.3. The van der Waals surface area contributed by atoms with E-state index < -0.39 is 68.8 Å². The van der Waals surface area contributed by atoms with Crippen molar-refractivity contribution in [1.82, 2.24) is 39.5 Å². The molecule has 2 fully saturated rings. The molecule has 5 rings (SSSR count). The van der Waals surface area contributed by atoms with E-state index in [9.17, 15) is 52.5 Å². The number of aromatic nitrogens is 3. The highest BCUT2D eigenvalue weighted by Crippen LogP contribution is 2.41. The Morgan fingerprint density at radius 2 is 1.79 bits per heavy atom. The minimum Gasteiger partial charge on any atom is -0.508 e. The Morgan fingerprint density at radius 3 is 2.40 bits per heavy atom. The molecule has 47 heavy (non-hydrogen) atoms. The van der Waals surface area contributed by atoms with Gasteiger partial charge >= 0.3 is 23.6 Å². The maximum atomic E-state index is 13.6. The number of benzene rings is 1. The molecule has 2 unspecified atom stereocenters. The Bertz CT molecular complexity index is 1880. The summed E-state index contributed by atoms with van der Waals surface area (Å²) in [4.78, 5) is 78.3. The fourth-order valence-electron chi connectivity index (χ4n) is 4.93. The summed E-state index contributed by atoms with van der Waals surface area (Å²) in [5.41, 5.74) is -0.622. The summed E-state index contributed by atoms with van der Waals surface area (Å²) in [5, 5.41) is 40.4. The lowest BCUT2D eigenvalue weighted by molar-refractivity contribution is -0.151. The Labute approximate surface area is 273 Å². The first-order chi connectivity index (χ1) is 22.1. The summed E-state index contributed by atoms with van der Waals surface area (Å²) >= 11 is 2.13. The van der Waals surface area contributed by atoms with E-state index in [2.05, 4.69) is 20.8 Å². The van der Waals surface area contributed by atoms with Crippen molar-refractivity contribution >= 4 is 63.4 Å². The molecule has 4 heterocycles. The smallest absolute Gasteiger partial charge is 0.352 e. The number of sulfonamides is 1. The van der Waals surface area contributed by atoms with Gasteiger partial charge in [0.1, 0.15) is 28.9 Å². The molecule has 0 saturated carbocycles. The van der Waals surface area contributed by atoms with Crippen LogP contribution in [0, 0.1) is 0 Å². The highest BCUT2D eigenvalue weighted by molar-refractivity contribution is 8.01. The van der Waals surface area contributed by atoms with Crippen molar-refractivity contribution in [3.63, 3.8) is 0 Å². The molecule has 0 aliphatic carbocycles. The van der Waals surface area contributed by atoms with E-state index in [-0.39, 0.29) is 46.8 Å². The molecule has 0 spiro atoms. The molecule has 2 aromatic rings. The van der Waals surface area contributed by atoms with Gasteiger partial charge in [-0.05, 0) is 23.3 Å². The van der Waals surface area contributed by atoms with Crippen LogP contribution in [0.3, 0.4) is 0 Å². The van der Waals surface area contributed by atoms with Crippen LogP contribution < -0.4 is 16.2 Å². The maximum Gasteiger partial charge on any atom is 0.352 e. The van der Waals surface area contributed by atoms with Crippen molar-refractivity contribution in [2.45, 2.75) is 22.6 Å². The first kappa shape index (κ1) is 33.5. The molecule has 2 saturated heterocycles. The van der Waals surface area contributed by atoms with Crippen molar-refractivity contribution in [1.29, 1.82) is 0 Å². The second kappa shape index (κ2) is 12.8. The average molecular weight is 711 g/mol. The molecule has 0 bridgehead atoms. The monoisotopic (exact) mass is 710 g/mol. The number of imide groups is 1. The molecule has 6 amide bonds. The Hall–Kier alpha value is -4.83. The number of fused-ring (bicyclic) bond motifs is 1. The number of nitrogens with zero attached hydrogens (tertiary/aromatic N) is 6. The number of hydrogen-bond acceptors (Lipinski definition) is 14. The van der Waals surface area contributed by atoms with E-state index in [1.54, 1.807) is 0 Å². The Balaban J connectivity index is 1.32. The topological polar surface area (TPSA) is 262 Å². The zero-order valence-corrected chi connectivity index (χ0v) is 26.8. The number of carbonyl (C=O) groups is 5. The van der Waals surface area contributed by atoms with Crippen LogP contribution in [-0.4, -0.2) is 125 Å². The van der Waals surface area contributed by atoms with E-state index in [0.29, 0.717) is 14.8 Å². The van der Waals surface area contributed by atoms with Gasteiger partial charge in [-0.15, -0.1) is 22.0 Å². The largest absolute Gasteiger partial charge is 0.508 e. The third-order valence-corrected chi connectivity index (χ3v) is 10.9. The molecule has 250 valence electrons. The van der Waals surface area contributed by atoms with Crippen LogP contribution in [0.5, 0.6) is 11.6 Å². The molecule has 1 aromatic carbocycles. The molecular formula is C25H26N8O11S3. The number of aromatic hydroxyl groups is 2. The number of amides is 6. The molecule has 1 aromatic heterocycles. The third kappa shape index (κ3) is 6.42. The molecule has 19 nitrogen and oxygen atoms in total. The third-order valence-electron chi connectivity index (χ3n) is 7.31. The summed E-state index contributed by atoms with van der Waals surface area (Å²) in [6.07, 6.45) is 0.807. The van der Waals surface area contributed by atoms with Gasteiger partial charge < -0.3 is 26.0 Å². The molecule has 3 aliphatic rings. The average Bonchev–Trinajstić information content (AvgIpc) is 3.42. The number of carboxylic acid groups (broad SMARTS) is 1. The minimum atomic E-state index is -3.95. The Kier molecular flexibility index (Phi) is 9.10. The van der Waals surface area contributed by atoms with Crippen molar-refractivity contribution in [3.8, 4) is 11.6 Å². The number of phenolic OH excluding ortho intramolecular Hbond substituents is 1. The number of rotatable bonds is 9. The number of carboxylic acids is 1. The normalized spacial score (nSPS) is 20.1. The molecule has 3 atom stereocenters. The van der Waals surface area contributed by atoms with Crippen LogP contribution in [0.4, 0.5) is 9.59 Å². The fourth-order valence-corrected chi connectivity index (χ4v) is 8.11. The molecule has 3 aliphatic heterocycles. The van der Waals surface area contributed by atoms with Gasteiger partial charge in [0.15, 0.2) is 5.16 Å². The fraction of sp³-hybridized carbons (Fsp3) is 0.360. The van der Waals surface area contributed by atoms with E-state index in [1.807, 2.05) is 0 Å². The summed E-state index contributed by atoms with van der Waals surface area (Å²) in [6, 6.07) is 0.212. The standard InChI is InChI=1S/C25H26N8O11S3/c1-30-20(38)18(36)28-29-24(30)46-10-12-9-45-21-15(19(37)33(21)16(12)22(39)40)26-17(35)14(11-3-5-13(34)6-4-11)27-23(41)31-7-8-32(25(31)42)47(2,43)44/h3-6,14-15,21,34H,7-10H2,1-2H3,(H,26,35)(H,27,41)(H,28,36)(H,39,40)/t14?,15?,21-/m0/s1. The van der Waals surface area contributed by atoms with E-state index in [0.717, 1.165) is 39.2 Å². The summed E-state index contributed by atoms with van der Waals surface area (Å²) < 4.78 is 25.3. The number of nitrogens with one attached hydrogen (secondary N) is 2. The lowest BCUT2D eigenvalue weighted by Crippen LogP contribution is -2.71. The van der Waals surface area contributed by atoms with Crippen LogP contribution in [0.25, 0.3) is 0 Å². The van der Waals surface area contributed by atoms with Gasteiger partial charge in [-0.2, -0.15) is 0 Å². The zero-order chi connectivity index (χ0) is 34.4. The first-order valence-corrected chi connectivity index (χ1v) is 17.3. The number of β-lactam (4-membered cyclic amide) rings is 1. The lowest BCUT2D eigenvalue weighted by Gasteiger charge is -2.49. The molecule has 22 heteroatoms.